The first-order valence-electron chi connectivity index (χ1n) is 8.97. The van der Waals surface area contributed by atoms with Crippen molar-refractivity contribution >= 4 is 33.4 Å². The van der Waals surface area contributed by atoms with E-state index < -0.39 is 0 Å². The predicted octanol–water partition coefficient (Wildman–Crippen LogP) is 2.71. The van der Waals surface area contributed by atoms with E-state index >= 15 is 0 Å². The molecule has 1 saturated heterocycles. The molecule has 140 valence electrons. The summed E-state index contributed by atoms with van der Waals surface area (Å²) in [6, 6.07) is 5.73. The number of aliphatic hydroxyl groups excluding tert-OH is 1. The van der Waals surface area contributed by atoms with Crippen LogP contribution < -0.4 is 5.32 Å². The SMILES string of the molecule is CC(Nc1nc(C(=O)N2CC[C@@H](CO)C2)c2sccc2n1)c1cccnc1. The van der Waals surface area contributed by atoms with Crippen molar-refractivity contribution < 1.29 is 9.90 Å². The summed E-state index contributed by atoms with van der Waals surface area (Å²) < 4.78 is 0.798. The summed E-state index contributed by atoms with van der Waals surface area (Å²) in [6.45, 7) is 3.33. The van der Waals surface area contributed by atoms with Crippen LogP contribution in [0.25, 0.3) is 10.2 Å². The maximum absolute atomic E-state index is 13.1. The molecule has 1 aliphatic rings. The molecule has 27 heavy (non-hydrogen) atoms. The van der Waals surface area contributed by atoms with Gasteiger partial charge in [0.25, 0.3) is 5.91 Å². The maximum atomic E-state index is 13.1. The van der Waals surface area contributed by atoms with Crippen LogP contribution in [-0.2, 0) is 0 Å². The van der Waals surface area contributed by atoms with E-state index in [0.717, 1.165) is 22.2 Å². The van der Waals surface area contributed by atoms with Gasteiger partial charge in [-0.25, -0.2) is 9.97 Å². The number of nitrogens with one attached hydrogen (secondary N) is 1. The van der Waals surface area contributed by atoms with E-state index in [0.29, 0.717) is 24.7 Å². The second-order valence-corrected chi connectivity index (χ2v) is 7.69. The fourth-order valence-electron chi connectivity index (χ4n) is 3.30. The number of amides is 1. The van der Waals surface area contributed by atoms with Gasteiger partial charge in [-0.05, 0) is 36.4 Å². The molecular weight excluding hydrogens is 362 g/mol. The molecule has 1 unspecified atom stereocenters. The van der Waals surface area contributed by atoms with Gasteiger partial charge in [-0.3, -0.25) is 9.78 Å². The number of aromatic nitrogens is 3. The van der Waals surface area contributed by atoms with Gasteiger partial charge in [-0.1, -0.05) is 6.07 Å². The monoisotopic (exact) mass is 383 g/mol. The van der Waals surface area contributed by atoms with Crippen LogP contribution in [0.4, 0.5) is 5.95 Å². The first kappa shape index (κ1) is 17.8. The van der Waals surface area contributed by atoms with Crippen LogP contribution in [0.15, 0.2) is 36.0 Å². The second-order valence-electron chi connectivity index (χ2n) is 6.77. The highest BCUT2D eigenvalue weighted by Gasteiger charge is 2.29. The third-order valence-corrected chi connectivity index (χ3v) is 5.78. The Morgan fingerprint density at radius 2 is 2.33 bits per heavy atom. The van der Waals surface area contributed by atoms with Crippen LogP contribution in [0.2, 0.25) is 0 Å². The first-order valence-corrected chi connectivity index (χ1v) is 9.85. The second kappa shape index (κ2) is 7.58. The van der Waals surface area contributed by atoms with Gasteiger partial charge in [-0.2, -0.15) is 0 Å². The smallest absolute Gasteiger partial charge is 0.274 e. The number of fused-ring (bicyclic) bond motifs is 1. The van der Waals surface area contributed by atoms with Gasteiger partial charge in [0, 0.05) is 38.0 Å². The number of carbonyl (C=O) groups is 1. The molecule has 3 aromatic rings. The summed E-state index contributed by atoms with van der Waals surface area (Å²) in [4.78, 5) is 28.1. The molecule has 2 atom stereocenters. The van der Waals surface area contributed by atoms with E-state index in [1.807, 2.05) is 30.5 Å². The number of pyridine rings is 1. The Balaban J connectivity index is 1.63. The van der Waals surface area contributed by atoms with Gasteiger partial charge in [0.15, 0.2) is 5.69 Å². The summed E-state index contributed by atoms with van der Waals surface area (Å²) in [5.74, 6) is 0.481. The van der Waals surface area contributed by atoms with Crippen LogP contribution in [0.5, 0.6) is 0 Å². The van der Waals surface area contributed by atoms with Crippen molar-refractivity contribution in [1.82, 2.24) is 19.9 Å². The van der Waals surface area contributed by atoms with Crippen molar-refractivity contribution in [3.8, 4) is 0 Å². The summed E-state index contributed by atoms with van der Waals surface area (Å²) >= 11 is 1.47. The molecule has 2 N–H and O–H groups in total. The number of likely N-dealkylation sites (tertiary alicyclic amines) is 1. The lowest BCUT2D eigenvalue weighted by Crippen LogP contribution is -2.30. The average molecular weight is 383 g/mol. The van der Waals surface area contributed by atoms with Crippen molar-refractivity contribution in [1.29, 1.82) is 0 Å². The third-order valence-electron chi connectivity index (χ3n) is 4.87. The van der Waals surface area contributed by atoms with Gasteiger partial charge in [0.1, 0.15) is 0 Å². The molecule has 1 fully saturated rings. The highest BCUT2D eigenvalue weighted by atomic mass is 32.1. The van der Waals surface area contributed by atoms with Crippen molar-refractivity contribution in [3.05, 3.63) is 47.2 Å². The van der Waals surface area contributed by atoms with Gasteiger partial charge in [-0.15, -0.1) is 11.3 Å². The normalized spacial score (nSPS) is 18.0. The maximum Gasteiger partial charge on any atom is 0.274 e. The summed E-state index contributed by atoms with van der Waals surface area (Å²) in [6.07, 6.45) is 4.35. The number of hydrogen-bond donors (Lipinski definition) is 2. The highest BCUT2D eigenvalue weighted by Crippen LogP contribution is 2.27. The number of hydrogen-bond acceptors (Lipinski definition) is 7. The Bertz CT molecular complexity index is 946. The topological polar surface area (TPSA) is 91.2 Å². The molecule has 0 spiro atoms. The zero-order chi connectivity index (χ0) is 18.8. The molecular formula is C19H21N5O2S. The Morgan fingerprint density at radius 1 is 1.44 bits per heavy atom. The number of aliphatic hydroxyl groups is 1. The van der Waals surface area contributed by atoms with Crippen LogP contribution in [0, 0.1) is 5.92 Å². The molecule has 0 bridgehead atoms. The van der Waals surface area contributed by atoms with Crippen LogP contribution in [-0.4, -0.2) is 50.6 Å². The quantitative estimate of drug-likeness (QED) is 0.704. The molecule has 0 radical (unpaired) electrons. The van der Waals surface area contributed by atoms with Crippen molar-refractivity contribution in [3.63, 3.8) is 0 Å². The van der Waals surface area contributed by atoms with E-state index in [4.69, 9.17) is 0 Å². The summed E-state index contributed by atoms with van der Waals surface area (Å²) in [5.41, 5.74) is 2.20. The fourth-order valence-corrected chi connectivity index (χ4v) is 4.11. The van der Waals surface area contributed by atoms with Gasteiger partial charge in [0.2, 0.25) is 5.95 Å². The molecule has 4 heterocycles. The Hall–Kier alpha value is -2.58. The first-order chi connectivity index (χ1) is 13.2. The minimum Gasteiger partial charge on any atom is -0.396 e. The number of rotatable bonds is 5. The zero-order valence-electron chi connectivity index (χ0n) is 15.0. The van der Waals surface area contributed by atoms with Crippen LogP contribution in [0.1, 0.15) is 35.4 Å². The Labute approximate surface area is 161 Å². The minimum atomic E-state index is -0.0992. The Kier molecular flexibility index (Phi) is 5.00. The minimum absolute atomic E-state index is 0.0386. The van der Waals surface area contributed by atoms with Gasteiger partial charge < -0.3 is 15.3 Å². The Morgan fingerprint density at radius 3 is 3.07 bits per heavy atom. The van der Waals surface area contributed by atoms with Crippen molar-refractivity contribution in [2.45, 2.75) is 19.4 Å². The zero-order valence-corrected chi connectivity index (χ0v) is 15.8. The van der Waals surface area contributed by atoms with E-state index in [1.54, 1.807) is 17.3 Å². The number of anilines is 1. The lowest BCUT2D eigenvalue weighted by molar-refractivity contribution is 0.0778. The number of carbonyl (C=O) groups excluding carboxylic acids is 1. The molecule has 7 nitrogen and oxygen atoms in total. The molecule has 8 heteroatoms. The van der Waals surface area contributed by atoms with E-state index in [9.17, 15) is 9.90 Å². The largest absolute Gasteiger partial charge is 0.396 e. The standard InChI is InChI=1S/C19H21N5O2S/c1-12(14-3-2-6-20-9-14)21-19-22-15-5-8-27-17(15)16(23-19)18(26)24-7-4-13(10-24)11-25/h2-3,5-6,8-9,12-13,25H,4,7,10-11H2,1H3,(H,21,22,23)/t12?,13-/m1/s1. The number of thiophene rings is 1. The molecule has 0 saturated carbocycles. The highest BCUT2D eigenvalue weighted by molar-refractivity contribution is 7.17. The predicted molar refractivity (Wildman–Crippen MR) is 105 cm³/mol. The lowest BCUT2D eigenvalue weighted by Gasteiger charge is -2.18. The molecule has 4 rings (SSSR count). The number of nitrogens with zero attached hydrogens (tertiary/aromatic N) is 4. The molecule has 1 aliphatic heterocycles. The average Bonchev–Trinajstić information content (AvgIpc) is 3.36. The summed E-state index contributed by atoms with van der Waals surface area (Å²) in [5, 5.41) is 14.5. The fraction of sp³-hybridized carbons (Fsp3) is 0.368. The lowest BCUT2D eigenvalue weighted by atomic mass is 10.1. The molecule has 3 aromatic heterocycles. The van der Waals surface area contributed by atoms with E-state index in [-0.39, 0.29) is 24.5 Å². The van der Waals surface area contributed by atoms with E-state index in [1.165, 1.54) is 11.3 Å². The van der Waals surface area contributed by atoms with Crippen molar-refractivity contribution in [2.24, 2.45) is 5.92 Å². The summed E-state index contributed by atoms with van der Waals surface area (Å²) in [7, 11) is 0. The van der Waals surface area contributed by atoms with Gasteiger partial charge >= 0.3 is 0 Å². The third kappa shape index (κ3) is 3.63. The van der Waals surface area contributed by atoms with Crippen LogP contribution >= 0.6 is 11.3 Å². The molecule has 1 amide bonds. The van der Waals surface area contributed by atoms with E-state index in [2.05, 4.69) is 20.3 Å². The van der Waals surface area contributed by atoms with Crippen molar-refractivity contribution in [2.75, 3.05) is 25.0 Å². The van der Waals surface area contributed by atoms with Crippen LogP contribution in [0.3, 0.4) is 0 Å². The van der Waals surface area contributed by atoms with Gasteiger partial charge in [0.05, 0.1) is 16.3 Å². The molecule has 0 aliphatic carbocycles. The molecule has 0 aromatic carbocycles.